The van der Waals surface area contributed by atoms with Gasteiger partial charge in [0.15, 0.2) is 0 Å². The number of pyridine rings is 1. The third kappa shape index (κ3) is 2.84. The van der Waals surface area contributed by atoms with E-state index < -0.39 is 0 Å². The number of nitrogens with two attached hydrogens (primary N) is 1. The van der Waals surface area contributed by atoms with Gasteiger partial charge in [0, 0.05) is 16.8 Å². The molecule has 1 aliphatic rings. The Morgan fingerprint density at radius 2 is 1.85 bits per heavy atom. The Morgan fingerprint density at radius 1 is 1.04 bits per heavy atom. The van der Waals surface area contributed by atoms with Crippen LogP contribution in [0.5, 0.6) is 0 Å². The summed E-state index contributed by atoms with van der Waals surface area (Å²) in [6.45, 7) is 0. The van der Waals surface area contributed by atoms with Crippen molar-refractivity contribution in [3.63, 3.8) is 0 Å². The van der Waals surface area contributed by atoms with Gasteiger partial charge >= 0.3 is 0 Å². The number of nitrogen functional groups attached to an aromatic ring is 1. The van der Waals surface area contributed by atoms with E-state index in [1.165, 1.54) is 29.7 Å². The Hall–Kier alpha value is -2.92. The van der Waals surface area contributed by atoms with Crippen LogP contribution in [0.4, 0.5) is 11.4 Å². The summed E-state index contributed by atoms with van der Waals surface area (Å²) in [6, 6.07) is 16.1. The van der Waals surface area contributed by atoms with Crippen molar-refractivity contribution in [3.05, 3.63) is 64.7 Å². The molecule has 2 aromatic carbocycles. The van der Waals surface area contributed by atoms with Gasteiger partial charge in [-0.15, -0.1) is 11.3 Å². The number of nitrogens with zero attached hydrogens (tertiary/aromatic N) is 1. The van der Waals surface area contributed by atoms with Crippen LogP contribution in [-0.4, -0.2) is 10.9 Å². The molecule has 27 heavy (non-hydrogen) atoms. The van der Waals surface area contributed by atoms with E-state index in [-0.39, 0.29) is 5.91 Å². The van der Waals surface area contributed by atoms with Crippen molar-refractivity contribution in [2.45, 2.75) is 25.7 Å². The summed E-state index contributed by atoms with van der Waals surface area (Å²) in [5.74, 6) is -0.177. The lowest BCUT2D eigenvalue weighted by Gasteiger charge is -2.14. The standard InChI is InChI=1S/C22H19N3OS/c23-19-17-12-15-7-3-4-8-18(15)25-22(17)27-20(19)21(26)24-16-10-9-13-5-1-2-6-14(13)11-16/h1-2,5-6,9-12H,3-4,7-8,23H2,(H,24,26). The highest BCUT2D eigenvalue weighted by atomic mass is 32.1. The van der Waals surface area contributed by atoms with Crippen LogP contribution in [0.25, 0.3) is 21.0 Å². The lowest BCUT2D eigenvalue weighted by molar-refractivity contribution is 0.103. The Morgan fingerprint density at radius 3 is 2.74 bits per heavy atom. The predicted molar refractivity (Wildman–Crippen MR) is 113 cm³/mol. The first kappa shape index (κ1) is 16.3. The fourth-order valence-corrected chi connectivity index (χ4v) is 4.77. The van der Waals surface area contributed by atoms with E-state index in [0.29, 0.717) is 10.6 Å². The number of aryl methyl sites for hydroxylation is 2. The lowest BCUT2D eigenvalue weighted by atomic mass is 9.95. The second kappa shape index (κ2) is 6.35. The number of hydrogen-bond donors (Lipinski definition) is 2. The maximum Gasteiger partial charge on any atom is 0.267 e. The summed E-state index contributed by atoms with van der Waals surface area (Å²) < 4.78 is 0. The number of hydrogen-bond acceptors (Lipinski definition) is 4. The van der Waals surface area contributed by atoms with E-state index in [1.807, 2.05) is 36.4 Å². The van der Waals surface area contributed by atoms with Crippen molar-refractivity contribution in [2.75, 3.05) is 11.1 Å². The summed E-state index contributed by atoms with van der Waals surface area (Å²) in [4.78, 5) is 19.0. The van der Waals surface area contributed by atoms with Crippen LogP contribution >= 0.6 is 11.3 Å². The number of aromatic nitrogens is 1. The van der Waals surface area contributed by atoms with Crippen LogP contribution in [0.3, 0.4) is 0 Å². The molecule has 0 radical (unpaired) electrons. The number of amides is 1. The second-order valence-electron chi connectivity index (χ2n) is 7.01. The van der Waals surface area contributed by atoms with Crippen molar-refractivity contribution >= 4 is 49.6 Å². The molecule has 3 N–H and O–H groups in total. The molecule has 0 atom stereocenters. The molecule has 4 nitrogen and oxygen atoms in total. The maximum absolute atomic E-state index is 12.9. The van der Waals surface area contributed by atoms with E-state index in [2.05, 4.69) is 17.4 Å². The number of fused-ring (bicyclic) bond motifs is 3. The Kier molecular flexibility index (Phi) is 3.83. The molecule has 0 saturated carbocycles. The Bertz CT molecular complexity index is 1200. The molecule has 4 aromatic rings. The molecule has 2 aromatic heterocycles. The lowest BCUT2D eigenvalue weighted by Crippen LogP contribution is -2.11. The third-order valence-electron chi connectivity index (χ3n) is 5.21. The molecule has 1 aliphatic carbocycles. The van der Waals surface area contributed by atoms with Crippen LogP contribution in [-0.2, 0) is 12.8 Å². The van der Waals surface area contributed by atoms with E-state index in [0.717, 1.165) is 45.2 Å². The van der Waals surface area contributed by atoms with Crippen LogP contribution in [0.2, 0.25) is 0 Å². The van der Waals surface area contributed by atoms with Crippen LogP contribution < -0.4 is 11.1 Å². The van der Waals surface area contributed by atoms with E-state index >= 15 is 0 Å². The van der Waals surface area contributed by atoms with Crippen molar-refractivity contribution in [2.24, 2.45) is 0 Å². The largest absolute Gasteiger partial charge is 0.397 e. The molecule has 0 unspecified atom stereocenters. The summed E-state index contributed by atoms with van der Waals surface area (Å²) in [7, 11) is 0. The second-order valence-corrected chi connectivity index (χ2v) is 8.01. The smallest absolute Gasteiger partial charge is 0.267 e. The third-order valence-corrected chi connectivity index (χ3v) is 6.33. The zero-order valence-corrected chi connectivity index (χ0v) is 15.6. The van der Waals surface area contributed by atoms with E-state index in [1.54, 1.807) is 0 Å². The average molecular weight is 373 g/mol. The first-order valence-corrected chi connectivity index (χ1v) is 10.0. The summed E-state index contributed by atoms with van der Waals surface area (Å²) in [6.07, 6.45) is 4.44. The predicted octanol–water partition coefficient (Wildman–Crippen LogP) is 5.16. The number of rotatable bonds is 2. The van der Waals surface area contributed by atoms with E-state index in [4.69, 9.17) is 10.7 Å². The number of anilines is 2. The Labute approximate surface area is 161 Å². The summed E-state index contributed by atoms with van der Waals surface area (Å²) in [5.41, 5.74) is 10.1. The van der Waals surface area contributed by atoms with Gasteiger partial charge in [-0.25, -0.2) is 4.98 Å². The van der Waals surface area contributed by atoms with Crippen molar-refractivity contribution in [1.82, 2.24) is 4.98 Å². The minimum Gasteiger partial charge on any atom is -0.397 e. The van der Waals surface area contributed by atoms with Gasteiger partial charge < -0.3 is 11.1 Å². The van der Waals surface area contributed by atoms with Crippen LogP contribution in [0, 0.1) is 0 Å². The summed E-state index contributed by atoms with van der Waals surface area (Å²) >= 11 is 1.38. The quantitative estimate of drug-likeness (QED) is 0.510. The topological polar surface area (TPSA) is 68.0 Å². The number of nitrogens with one attached hydrogen (secondary N) is 1. The number of carbonyl (C=O) groups excluding carboxylic acids is 1. The minimum atomic E-state index is -0.177. The van der Waals surface area contributed by atoms with Crippen molar-refractivity contribution < 1.29 is 4.79 Å². The van der Waals surface area contributed by atoms with Crippen LogP contribution in [0.1, 0.15) is 33.8 Å². The molecule has 0 spiro atoms. The molecule has 134 valence electrons. The average Bonchev–Trinajstić information content (AvgIpc) is 3.02. The van der Waals surface area contributed by atoms with Gasteiger partial charge in [0.05, 0.1) is 5.69 Å². The molecule has 0 aliphatic heterocycles. The monoisotopic (exact) mass is 373 g/mol. The molecule has 2 heterocycles. The normalized spacial score (nSPS) is 13.6. The first-order chi connectivity index (χ1) is 13.2. The highest BCUT2D eigenvalue weighted by Crippen LogP contribution is 2.36. The van der Waals surface area contributed by atoms with E-state index in [9.17, 15) is 4.79 Å². The molecule has 5 rings (SSSR count). The SMILES string of the molecule is Nc1c(C(=O)Nc2ccc3ccccc3c2)sc2nc3c(cc12)CCCC3. The molecule has 1 amide bonds. The highest BCUT2D eigenvalue weighted by molar-refractivity contribution is 7.21. The van der Waals surface area contributed by atoms with Gasteiger partial charge in [0.1, 0.15) is 9.71 Å². The van der Waals surface area contributed by atoms with Gasteiger partial charge in [-0.05, 0) is 60.2 Å². The van der Waals surface area contributed by atoms with Gasteiger partial charge in [-0.2, -0.15) is 0 Å². The van der Waals surface area contributed by atoms with Gasteiger partial charge in [-0.3, -0.25) is 4.79 Å². The van der Waals surface area contributed by atoms with Crippen LogP contribution in [0.15, 0.2) is 48.5 Å². The highest BCUT2D eigenvalue weighted by Gasteiger charge is 2.20. The number of carbonyl (C=O) groups is 1. The number of thiophene rings is 1. The maximum atomic E-state index is 12.9. The Balaban J connectivity index is 1.50. The fourth-order valence-electron chi connectivity index (χ4n) is 3.78. The molecule has 5 heteroatoms. The fraction of sp³-hybridized carbons (Fsp3) is 0.182. The van der Waals surface area contributed by atoms with Gasteiger partial charge in [0.25, 0.3) is 5.91 Å². The molecule has 0 bridgehead atoms. The van der Waals surface area contributed by atoms with Gasteiger partial charge in [-0.1, -0.05) is 30.3 Å². The molecule has 0 fully saturated rings. The first-order valence-electron chi connectivity index (χ1n) is 9.20. The number of benzene rings is 2. The zero-order valence-electron chi connectivity index (χ0n) is 14.8. The molecule has 0 saturated heterocycles. The summed E-state index contributed by atoms with van der Waals surface area (Å²) in [5, 5.41) is 6.13. The molecular formula is C22H19N3OS. The minimum absolute atomic E-state index is 0.177. The van der Waals surface area contributed by atoms with Crippen molar-refractivity contribution in [3.8, 4) is 0 Å². The molecular weight excluding hydrogens is 354 g/mol. The van der Waals surface area contributed by atoms with Gasteiger partial charge in [0.2, 0.25) is 0 Å². The zero-order chi connectivity index (χ0) is 18.4. The van der Waals surface area contributed by atoms with Crippen molar-refractivity contribution in [1.29, 1.82) is 0 Å².